The van der Waals surface area contributed by atoms with Crippen LogP contribution in [0.2, 0.25) is 0 Å². The van der Waals surface area contributed by atoms with Crippen LogP contribution in [-0.4, -0.2) is 35.5 Å². The van der Waals surface area contributed by atoms with E-state index >= 15 is 0 Å². The van der Waals surface area contributed by atoms with Crippen LogP contribution in [0.3, 0.4) is 0 Å². The van der Waals surface area contributed by atoms with Gasteiger partial charge in [-0.25, -0.2) is 4.79 Å². The molecule has 1 aliphatic carbocycles. The maximum absolute atomic E-state index is 12.6. The van der Waals surface area contributed by atoms with Crippen molar-refractivity contribution in [2.24, 2.45) is 0 Å². The number of hydrogen-bond donors (Lipinski definition) is 3. The highest BCUT2D eigenvalue weighted by Gasteiger charge is 2.21. The predicted octanol–water partition coefficient (Wildman–Crippen LogP) is 3.98. The molecule has 1 aliphatic rings. The summed E-state index contributed by atoms with van der Waals surface area (Å²) in [6.07, 6.45) is 4.07. The van der Waals surface area contributed by atoms with Crippen molar-refractivity contribution in [1.29, 1.82) is 0 Å². The van der Waals surface area contributed by atoms with Gasteiger partial charge in [0.2, 0.25) is 0 Å². The summed E-state index contributed by atoms with van der Waals surface area (Å²) >= 11 is 0. The monoisotopic (exact) mass is 440 g/mol. The summed E-state index contributed by atoms with van der Waals surface area (Å²) in [5.74, 6) is -1.30. The Hall–Kier alpha value is -3.55. The highest BCUT2D eigenvalue weighted by atomic mass is 16.5. The lowest BCUT2D eigenvalue weighted by Gasteiger charge is -2.16. The number of aryl methyl sites for hydroxylation is 2. The quantitative estimate of drug-likeness (QED) is 0.463. The van der Waals surface area contributed by atoms with Crippen molar-refractivity contribution in [2.45, 2.75) is 52.5 Å². The van der Waals surface area contributed by atoms with Crippen LogP contribution < -0.4 is 15.4 Å². The normalized spacial score (nSPS) is 13.5. The van der Waals surface area contributed by atoms with Crippen molar-refractivity contribution in [1.82, 2.24) is 5.32 Å². The number of benzene rings is 2. The molecular formula is C24H28N2O6. The number of amides is 2. The summed E-state index contributed by atoms with van der Waals surface area (Å²) in [6, 6.07) is 8.00. The topological polar surface area (TPSA) is 114 Å². The minimum atomic E-state index is -0.948. The van der Waals surface area contributed by atoms with E-state index in [0.29, 0.717) is 28.3 Å². The molecule has 1 saturated carbocycles. The molecule has 8 nitrogen and oxygen atoms in total. The van der Waals surface area contributed by atoms with Gasteiger partial charge in [-0.2, -0.15) is 0 Å². The second-order valence-corrected chi connectivity index (χ2v) is 7.85. The third kappa shape index (κ3) is 5.57. The highest BCUT2D eigenvalue weighted by Crippen LogP contribution is 2.33. The van der Waals surface area contributed by atoms with E-state index < -0.39 is 11.9 Å². The Labute approximate surface area is 186 Å². The van der Waals surface area contributed by atoms with E-state index in [2.05, 4.69) is 10.6 Å². The first-order chi connectivity index (χ1) is 15.3. The van der Waals surface area contributed by atoms with Crippen LogP contribution in [0.5, 0.6) is 17.2 Å². The van der Waals surface area contributed by atoms with Crippen LogP contribution in [0.1, 0.15) is 54.1 Å². The Morgan fingerprint density at radius 3 is 2.34 bits per heavy atom. The third-order valence-corrected chi connectivity index (χ3v) is 5.30. The number of esters is 1. The number of phenolic OH excluding ortho intramolecular Hbond substituents is 1. The molecule has 3 N–H and O–H groups in total. The fraction of sp³-hybridized carbons (Fsp3) is 0.375. The molecule has 1 fully saturated rings. The van der Waals surface area contributed by atoms with Crippen LogP contribution in [0.15, 0.2) is 30.3 Å². The number of carbonyl (C=O) groups excluding carboxylic acids is 3. The molecular weight excluding hydrogens is 412 g/mol. The number of ether oxygens (including phenoxy) is 2. The van der Waals surface area contributed by atoms with E-state index in [9.17, 15) is 19.5 Å². The smallest absolute Gasteiger partial charge is 0.397 e. The number of rotatable bonds is 6. The van der Waals surface area contributed by atoms with Crippen LogP contribution in [-0.2, 0) is 14.3 Å². The van der Waals surface area contributed by atoms with E-state index in [1.165, 1.54) is 12.1 Å². The van der Waals surface area contributed by atoms with Crippen LogP contribution in [0, 0.1) is 13.8 Å². The second kappa shape index (κ2) is 10.2. The Morgan fingerprint density at radius 1 is 1.06 bits per heavy atom. The number of phenols is 1. The lowest BCUT2D eigenvalue weighted by Crippen LogP contribution is -2.32. The summed E-state index contributed by atoms with van der Waals surface area (Å²) in [7, 11) is 0. The van der Waals surface area contributed by atoms with E-state index in [1.54, 1.807) is 39.0 Å². The van der Waals surface area contributed by atoms with Crippen molar-refractivity contribution in [3.8, 4) is 17.2 Å². The molecule has 32 heavy (non-hydrogen) atoms. The van der Waals surface area contributed by atoms with Gasteiger partial charge >= 0.3 is 11.9 Å². The van der Waals surface area contributed by atoms with Gasteiger partial charge in [0, 0.05) is 11.7 Å². The molecule has 0 aromatic heterocycles. The molecule has 0 unspecified atom stereocenters. The van der Waals surface area contributed by atoms with E-state index in [0.717, 1.165) is 25.7 Å². The van der Waals surface area contributed by atoms with Crippen LogP contribution in [0.25, 0.3) is 0 Å². The molecule has 170 valence electrons. The summed E-state index contributed by atoms with van der Waals surface area (Å²) in [4.78, 5) is 36.0. The molecule has 8 heteroatoms. The van der Waals surface area contributed by atoms with Crippen molar-refractivity contribution >= 4 is 23.5 Å². The molecule has 0 atom stereocenters. The number of nitrogens with one attached hydrogen (secondary N) is 2. The number of anilines is 1. The first-order valence-electron chi connectivity index (χ1n) is 10.7. The van der Waals surface area contributed by atoms with Crippen LogP contribution in [0.4, 0.5) is 5.69 Å². The van der Waals surface area contributed by atoms with Crippen molar-refractivity contribution < 1.29 is 29.0 Å². The van der Waals surface area contributed by atoms with Gasteiger partial charge in [0.1, 0.15) is 17.2 Å². The molecule has 2 aromatic carbocycles. The van der Waals surface area contributed by atoms with Crippen molar-refractivity contribution in [3.63, 3.8) is 0 Å². The van der Waals surface area contributed by atoms with Crippen molar-refractivity contribution in [3.05, 3.63) is 47.0 Å². The fourth-order valence-corrected chi connectivity index (χ4v) is 3.77. The Bertz CT molecular complexity index is 1000. The molecule has 0 heterocycles. The zero-order chi connectivity index (χ0) is 23.3. The van der Waals surface area contributed by atoms with Gasteiger partial charge < -0.3 is 25.2 Å². The molecule has 0 radical (unpaired) electrons. The van der Waals surface area contributed by atoms with Crippen molar-refractivity contribution in [2.75, 3.05) is 11.9 Å². The predicted molar refractivity (Wildman–Crippen MR) is 119 cm³/mol. The molecule has 3 rings (SSSR count). The standard InChI is InChI=1S/C24H28N2O6/c1-4-31-24(30)23(29)26-17-11-14(2)21(15(3)12-17)32-18-9-10-20(27)19(13-18)22(28)25-16-7-5-6-8-16/h9-13,16,27H,4-8H2,1-3H3,(H,25,28)(H,26,29). The van der Waals surface area contributed by atoms with E-state index in [-0.39, 0.29) is 29.9 Å². The minimum Gasteiger partial charge on any atom is -0.507 e. The van der Waals surface area contributed by atoms with Gasteiger partial charge in [-0.3, -0.25) is 9.59 Å². The average molecular weight is 440 g/mol. The lowest BCUT2D eigenvalue weighted by atomic mass is 10.1. The van der Waals surface area contributed by atoms with Gasteiger partial charge in [-0.05, 0) is 75.1 Å². The largest absolute Gasteiger partial charge is 0.507 e. The SMILES string of the molecule is CCOC(=O)C(=O)Nc1cc(C)c(Oc2ccc(O)c(C(=O)NC3CCCC3)c2)c(C)c1. The maximum Gasteiger partial charge on any atom is 0.397 e. The molecule has 0 aliphatic heterocycles. The highest BCUT2D eigenvalue weighted by molar-refractivity contribution is 6.37. The molecule has 0 saturated heterocycles. The molecule has 0 spiro atoms. The first-order valence-corrected chi connectivity index (χ1v) is 10.7. The average Bonchev–Trinajstić information content (AvgIpc) is 3.25. The minimum absolute atomic E-state index is 0.113. The number of hydrogen-bond acceptors (Lipinski definition) is 6. The Morgan fingerprint density at radius 2 is 1.72 bits per heavy atom. The zero-order valence-electron chi connectivity index (χ0n) is 18.5. The molecule has 0 bridgehead atoms. The van der Waals surface area contributed by atoms with Gasteiger partial charge in [0.25, 0.3) is 5.91 Å². The number of carbonyl (C=O) groups is 3. The summed E-state index contributed by atoms with van der Waals surface area (Å²) < 4.78 is 10.7. The summed E-state index contributed by atoms with van der Waals surface area (Å²) in [5, 5.41) is 15.6. The van der Waals surface area contributed by atoms with Gasteiger partial charge in [0.15, 0.2) is 0 Å². The molecule has 2 amide bonds. The number of aromatic hydroxyl groups is 1. The maximum atomic E-state index is 12.6. The van der Waals surface area contributed by atoms with E-state index in [1.807, 2.05) is 0 Å². The zero-order valence-corrected chi connectivity index (χ0v) is 18.5. The van der Waals surface area contributed by atoms with Crippen LogP contribution >= 0.6 is 0 Å². The second-order valence-electron chi connectivity index (χ2n) is 7.85. The van der Waals surface area contributed by atoms with Gasteiger partial charge in [-0.1, -0.05) is 12.8 Å². The van der Waals surface area contributed by atoms with Gasteiger partial charge in [0.05, 0.1) is 12.2 Å². The summed E-state index contributed by atoms with van der Waals surface area (Å²) in [6.45, 7) is 5.34. The lowest BCUT2D eigenvalue weighted by molar-refractivity contribution is -0.152. The van der Waals surface area contributed by atoms with Gasteiger partial charge in [-0.15, -0.1) is 0 Å². The fourth-order valence-electron chi connectivity index (χ4n) is 3.77. The molecule has 2 aromatic rings. The Kier molecular flexibility index (Phi) is 7.35. The third-order valence-electron chi connectivity index (χ3n) is 5.30. The Balaban J connectivity index is 1.76. The first kappa shape index (κ1) is 23.1. The summed E-state index contributed by atoms with van der Waals surface area (Å²) in [5.41, 5.74) is 2.03. The van der Waals surface area contributed by atoms with E-state index in [4.69, 9.17) is 9.47 Å².